The van der Waals surface area contributed by atoms with E-state index in [4.69, 9.17) is 27.9 Å². The summed E-state index contributed by atoms with van der Waals surface area (Å²) in [7, 11) is 1.43. The van der Waals surface area contributed by atoms with Gasteiger partial charge in [-0.1, -0.05) is 23.2 Å². The van der Waals surface area contributed by atoms with Crippen molar-refractivity contribution in [3.05, 3.63) is 31.3 Å². The first-order valence-corrected chi connectivity index (χ1v) is 6.77. The molecule has 9 heteroatoms. The second-order valence-electron chi connectivity index (χ2n) is 3.37. The smallest absolute Gasteiger partial charge is 0.336 e. The topological polar surface area (TPSA) is 79.9 Å². The number of aromatic amines is 1. The number of H-pyrrole nitrogens is 1. The molecule has 2 rings (SSSR count). The van der Waals surface area contributed by atoms with E-state index in [0.29, 0.717) is 19.2 Å². The molecule has 6 nitrogen and oxygen atoms in total. The average molecular weight is 413 g/mol. The first-order valence-electron chi connectivity index (χ1n) is 4.93. The molecule has 0 saturated carbocycles. The highest BCUT2D eigenvalue weighted by Gasteiger charge is 2.15. The number of nitrogens with one attached hydrogen (secondary N) is 2. The maximum absolute atomic E-state index is 12.1. The van der Waals surface area contributed by atoms with Crippen molar-refractivity contribution in [2.24, 2.45) is 0 Å². The summed E-state index contributed by atoms with van der Waals surface area (Å²) in [4.78, 5) is 16.0. The van der Waals surface area contributed by atoms with Gasteiger partial charge in [-0.2, -0.15) is 4.98 Å². The van der Waals surface area contributed by atoms with E-state index in [9.17, 15) is 4.79 Å². The summed E-state index contributed by atoms with van der Waals surface area (Å²) in [6.07, 6.45) is 0. The highest BCUT2D eigenvalue weighted by atomic mass is 127. The van der Waals surface area contributed by atoms with Gasteiger partial charge in [0.05, 0.1) is 17.7 Å². The molecule has 0 aliphatic rings. The van der Waals surface area contributed by atoms with Gasteiger partial charge in [-0.15, -0.1) is 5.10 Å². The Morgan fingerprint density at radius 3 is 2.84 bits per heavy atom. The lowest BCUT2D eigenvalue weighted by molar-refractivity contribution is 0.102. The van der Waals surface area contributed by atoms with Crippen molar-refractivity contribution in [2.75, 3.05) is 12.4 Å². The molecule has 1 aromatic heterocycles. The number of hydrogen-bond donors (Lipinski definition) is 2. The molecular weight excluding hydrogens is 406 g/mol. The zero-order valence-electron chi connectivity index (χ0n) is 9.50. The van der Waals surface area contributed by atoms with Crippen molar-refractivity contribution in [3.8, 4) is 6.01 Å². The van der Waals surface area contributed by atoms with Gasteiger partial charge < -0.3 is 4.74 Å². The molecule has 1 amide bonds. The standard InChI is InChI=1S/C10H7Cl2IN4O2/c1-19-10-15-9(16-17-10)14-8(18)5-2-4(11)3-6(12)7(5)13/h2-3H,1H3,(H2,14,15,16,17,18). The summed E-state index contributed by atoms with van der Waals surface area (Å²) in [6, 6.07) is 3.23. The zero-order valence-corrected chi connectivity index (χ0v) is 13.2. The van der Waals surface area contributed by atoms with Crippen LogP contribution in [0.25, 0.3) is 0 Å². The number of aromatic nitrogens is 3. The summed E-state index contributed by atoms with van der Waals surface area (Å²) >= 11 is 13.8. The SMILES string of the molecule is COc1n[nH]c(NC(=O)c2cc(Cl)cc(Cl)c2I)n1. The van der Waals surface area contributed by atoms with Crippen molar-refractivity contribution in [2.45, 2.75) is 0 Å². The van der Waals surface area contributed by atoms with Crippen LogP contribution in [0, 0.1) is 3.57 Å². The molecule has 0 atom stereocenters. The predicted molar refractivity (Wildman–Crippen MR) is 80.1 cm³/mol. The van der Waals surface area contributed by atoms with Crippen LogP contribution in [0.5, 0.6) is 6.01 Å². The summed E-state index contributed by atoms with van der Waals surface area (Å²) in [5.41, 5.74) is 0.355. The molecule has 2 N–H and O–H groups in total. The van der Waals surface area contributed by atoms with Crippen LogP contribution < -0.4 is 10.1 Å². The van der Waals surface area contributed by atoms with Crippen molar-refractivity contribution in [3.63, 3.8) is 0 Å². The Hall–Kier alpha value is -1.06. The number of ether oxygens (including phenoxy) is 1. The largest absolute Gasteiger partial charge is 0.466 e. The van der Waals surface area contributed by atoms with Crippen LogP contribution >= 0.6 is 45.8 Å². The van der Waals surface area contributed by atoms with E-state index in [0.717, 1.165) is 0 Å². The van der Waals surface area contributed by atoms with E-state index in [1.54, 1.807) is 6.07 Å². The summed E-state index contributed by atoms with van der Waals surface area (Å²) in [5.74, 6) is -0.221. The van der Waals surface area contributed by atoms with Crippen molar-refractivity contribution < 1.29 is 9.53 Å². The van der Waals surface area contributed by atoms with Gasteiger partial charge in [0.25, 0.3) is 5.91 Å². The minimum atomic E-state index is -0.396. The number of hydrogen-bond acceptors (Lipinski definition) is 4. The van der Waals surface area contributed by atoms with Gasteiger partial charge in [0.1, 0.15) is 0 Å². The van der Waals surface area contributed by atoms with Gasteiger partial charge in [-0.3, -0.25) is 10.1 Å². The number of benzene rings is 1. The molecule has 0 saturated heterocycles. The quantitative estimate of drug-likeness (QED) is 0.600. The molecule has 100 valence electrons. The normalized spacial score (nSPS) is 10.3. The third kappa shape index (κ3) is 3.28. The van der Waals surface area contributed by atoms with Crippen LogP contribution in [0.3, 0.4) is 0 Å². The number of carbonyl (C=O) groups excluding carboxylic acids is 1. The number of halogens is 3. The van der Waals surface area contributed by atoms with E-state index in [2.05, 4.69) is 20.5 Å². The Bertz CT molecular complexity index is 632. The van der Waals surface area contributed by atoms with Crippen molar-refractivity contribution in [1.29, 1.82) is 0 Å². The Labute approximate surface area is 132 Å². The predicted octanol–water partition coefficient (Wildman–Crippen LogP) is 2.98. The lowest BCUT2D eigenvalue weighted by Gasteiger charge is -2.06. The first-order chi connectivity index (χ1) is 9.01. The maximum Gasteiger partial charge on any atom is 0.336 e. The van der Waals surface area contributed by atoms with E-state index in [1.165, 1.54) is 13.2 Å². The monoisotopic (exact) mass is 412 g/mol. The minimum Gasteiger partial charge on any atom is -0.466 e. The number of methoxy groups -OCH3 is 1. The Morgan fingerprint density at radius 2 is 2.21 bits per heavy atom. The first kappa shape index (κ1) is 14.4. The molecule has 0 spiro atoms. The summed E-state index contributed by atoms with van der Waals surface area (Å²) < 4.78 is 5.40. The van der Waals surface area contributed by atoms with Crippen LogP contribution in [0.15, 0.2) is 12.1 Å². The van der Waals surface area contributed by atoms with E-state index in [-0.39, 0.29) is 12.0 Å². The maximum atomic E-state index is 12.1. The van der Waals surface area contributed by atoms with E-state index >= 15 is 0 Å². The Kier molecular flexibility index (Phi) is 4.48. The summed E-state index contributed by atoms with van der Waals surface area (Å²) in [5, 5.41) is 9.56. The number of anilines is 1. The molecule has 0 unspecified atom stereocenters. The fourth-order valence-electron chi connectivity index (χ4n) is 1.29. The van der Waals surface area contributed by atoms with Gasteiger partial charge in [-0.25, -0.2) is 5.10 Å². The zero-order chi connectivity index (χ0) is 14.0. The average Bonchev–Trinajstić information content (AvgIpc) is 2.81. The molecule has 0 bridgehead atoms. The number of nitrogens with zero attached hydrogens (tertiary/aromatic N) is 2. The molecule has 0 aliphatic carbocycles. The van der Waals surface area contributed by atoms with Gasteiger partial charge in [0, 0.05) is 8.59 Å². The molecule has 1 heterocycles. The van der Waals surface area contributed by atoms with E-state index < -0.39 is 5.91 Å². The molecule has 0 fully saturated rings. The lowest BCUT2D eigenvalue weighted by Crippen LogP contribution is -2.14. The van der Waals surface area contributed by atoms with Crippen LogP contribution in [-0.4, -0.2) is 28.2 Å². The third-order valence-corrected chi connectivity index (χ3v) is 4.11. The summed E-state index contributed by atoms with van der Waals surface area (Å²) in [6.45, 7) is 0. The number of carbonyl (C=O) groups is 1. The van der Waals surface area contributed by atoms with Crippen LogP contribution in [0.2, 0.25) is 10.0 Å². The lowest BCUT2D eigenvalue weighted by atomic mass is 10.2. The van der Waals surface area contributed by atoms with E-state index in [1.807, 2.05) is 22.6 Å². The van der Waals surface area contributed by atoms with Crippen LogP contribution in [-0.2, 0) is 0 Å². The molecule has 2 aromatic rings. The van der Waals surface area contributed by atoms with Crippen molar-refractivity contribution in [1.82, 2.24) is 15.2 Å². The fraction of sp³-hybridized carbons (Fsp3) is 0.100. The molecule has 1 aromatic carbocycles. The van der Waals surface area contributed by atoms with Crippen LogP contribution in [0.4, 0.5) is 5.95 Å². The molecule has 19 heavy (non-hydrogen) atoms. The number of rotatable bonds is 3. The molecule has 0 aliphatic heterocycles. The van der Waals surface area contributed by atoms with Crippen molar-refractivity contribution >= 4 is 57.6 Å². The van der Waals surface area contributed by atoms with Gasteiger partial charge in [-0.05, 0) is 34.7 Å². The second-order valence-corrected chi connectivity index (χ2v) is 5.30. The number of amides is 1. The molecular formula is C10H7Cl2IN4O2. The van der Waals surface area contributed by atoms with Gasteiger partial charge >= 0.3 is 6.01 Å². The van der Waals surface area contributed by atoms with Crippen LogP contribution in [0.1, 0.15) is 10.4 Å². The highest BCUT2D eigenvalue weighted by molar-refractivity contribution is 14.1. The fourth-order valence-corrected chi connectivity index (χ4v) is 2.34. The third-order valence-electron chi connectivity index (χ3n) is 2.12. The Morgan fingerprint density at radius 1 is 1.47 bits per heavy atom. The van der Waals surface area contributed by atoms with Gasteiger partial charge in [0.2, 0.25) is 5.95 Å². The minimum absolute atomic E-state index is 0.133. The second kappa shape index (κ2) is 5.93. The highest BCUT2D eigenvalue weighted by Crippen LogP contribution is 2.27. The Balaban J connectivity index is 2.25. The molecule has 0 radical (unpaired) electrons. The van der Waals surface area contributed by atoms with Gasteiger partial charge in [0.15, 0.2) is 0 Å².